The largest absolute Gasteiger partial charge is 0.376 e. The zero-order valence-electron chi connectivity index (χ0n) is 10.0. The standard InChI is InChI=1S/C12H15N3O3/c1-18-12(8-14-11(12)17)15-10(16)7-13-9-5-3-2-4-6-9/h2-6,13H,7-8H2,1H3,(H,14,17)(H,15,16). The van der Waals surface area contributed by atoms with Crippen LogP contribution in [0.5, 0.6) is 0 Å². The van der Waals surface area contributed by atoms with Gasteiger partial charge in [-0.3, -0.25) is 9.59 Å². The number of carbonyl (C=O) groups is 2. The molecule has 1 aromatic rings. The summed E-state index contributed by atoms with van der Waals surface area (Å²) >= 11 is 0. The average molecular weight is 249 g/mol. The van der Waals surface area contributed by atoms with Crippen LogP contribution in [-0.4, -0.2) is 37.7 Å². The first-order valence-electron chi connectivity index (χ1n) is 5.60. The Morgan fingerprint density at radius 1 is 1.44 bits per heavy atom. The zero-order valence-corrected chi connectivity index (χ0v) is 10.0. The minimum absolute atomic E-state index is 0.0857. The SMILES string of the molecule is COC1(NC(=O)CNc2ccccc2)CNC1=O. The normalized spacial score (nSPS) is 21.7. The molecule has 6 nitrogen and oxygen atoms in total. The van der Waals surface area contributed by atoms with E-state index >= 15 is 0 Å². The third-order valence-electron chi connectivity index (χ3n) is 2.78. The summed E-state index contributed by atoms with van der Waals surface area (Å²) in [6.07, 6.45) is 0. The summed E-state index contributed by atoms with van der Waals surface area (Å²) in [4.78, 5) is 23.0. The van der Waals surface area contributed by atoms with E-state index in [2.05, 4.69) is 16.0 Å². The minimum atomic E-state index is -1.20. The van der Waals surface area contributed by atoms with Gasteiger partial charge in [-0.15, -0.1) is 0 Å². The van der Waals surface area contributed by atoms with Crippen molar-refractivity contribution in [3.8, 4) is 0 Å². The van der Waals surface area contributed by atoms with Crippen LogP contribution in [0.1, 0.15) is 0 Å². The second-order valence-corrected chi connectivity index (χ2v) is 3.98. The third kappa shape index (κ3) is 2.43. The lowest BCUT2D eigenvalue weighted by molar-refractivity contribution is -0.166. The van der Waals surface area contributed by atoms with Crippen molar-refractivity contribution in [3.05, 3.63) is 30.3 Å². The Kier molecular flexibility index (Phi) is 3.47. The number of carbonyl (C=O) groups excluding carboxylic acids is 2. The molecule has 96 valence electrons. The Balaban J connectivity index is 1.84. The molecule has 6 heteroatoms. The molecular weight excluding hydrogens is 234 g/mol. The van der Waals surface area contributed by atoms with Gasteiger partial charge >= 0.3 is 0 Å². The summed E-state index contributed by atoms with van der Waals surface area (Å²) < 4.78 is 5.04. The first-order chi connectivity index (χ1) is 8.66. The molecule has 0 radical (unpaired) electrons. The highest BCUT2D eigenvalue weighted by molar-refractivity contribution is 5.95. The molecule has 1 saturated heterocycles. The summed E-state index contributed by atoms with van der Waals surface area (Å²) in [5.41, 5.74) is -0.354. The van der Waals surface area contributed by atoms with Crippen molar-refractivity contribution >= 4 is 17.5 Å². The van der Waals surface area contributed by atoms with Crippen LogP contribution in [0.3, 0.4) is 0 Å². The van der Waals surface area contributed by atoms with Crippen LogP contribution >= 0.6 is 0 Å². The molecule has 0 bridgehead atoms. The van der Waals surface area contributed by atoms with Gasteiger partial charge in [-0.05, 0) is 12.1 Å². The molecular formula is C12H15N3O3. The van der Waals surface area contributed by atoms with Crippen molar-refractivity contribution in [2.75, 3.05) is 25.5 Å². The molecule has 0 aliphatic carbocycles. The number of methoxy groups -OCH3 is 1. The highest BCUT2D eigenvalue weighted by Crippen LogP contribution is 2.13. The molecule has 1 heterocycles. The maximum Gasteiger partial charge on any atom is 0.275 e. The van der Waals surface area contributed by atoms with Crippen molar-refractivity contribution in [1.82, 2.24) is 10.6 Å². The third-order valence-corrected chi connectivity index (χ3v) is 2.78. The van der Waals surface area contributed by atoms with Crippen molar-refractivity contribution < 1.29 is 14.3 Å². The lowest BCUT2D eigenvalue weighted by Crippen LogP contribution is -2.74. The van der Waals surface area contributed by atoms with Crippen LogP contribution in [0.25, 0.3) is 0 Å². The van der Waals surface area contributed by atoms with Crippen molar-refractivity contribution in [2.24, 2.45) is 0 Å². The molecule has 2 rings (SSSR count). The van der Waals surface area contributed by atoms with Gasteiger partial charge in [0.2, 0.25) is 11.6 Å². The van der Waals surface area contributed by atoms with E-state index in [0.717, 1.165) is 5.69 Å². The van der Waals surface area contributed by atoms with Crippen LogP contribution in [0.15, 0.2) is 30.3 Å². The molecule has 0 saturated carbocycles. The lowest BCUT2D eigenvalue weighted by atomic mass is 10.1. The number of hydrogen-bond acceptors (Lipinski definition) is 4. The Hall–Kier alpha value is -2.08. The summed E-state index contributed by atoms with van der Waals surface area (Å²) in [5.74, 6) is -0.617. The van der Waals surface area contributed by atoms with Crippen LogP contribution in [0.2, 0.25) is 0 Å². The summed E-state index contributed by atoms with van der Waals surface area (Å²) in [5, 5.41) is 8.05. The smallest absolute Gasteiger partial charge is 0.275 e. The Morgan fingerprint density at radius 2 is 2.17 bits per heavy atom. The fraction of sp³-hybridized carbons (Fsp3) is 0.333. The number of nitrogens with one attached hydrogen (secondary N) is 3. The quantitative estimate of drug-likeness (QED) is 0.494. The maximum atomic E-state index is 11.7. The van der Waals surface area contributed by atoms with Gasteiger partial charge in [0.1, 0.15) is 0 Å². The number of anilines is 1. The molecule has 18 heavy (non-hydrogen) atoms. The molecule has 1 fully saturated rings. The fourth-order valence-electron chi connectivity index (χ4n) is 1.65. The molecule has 3 N–H and O–H groups in total. The predicted molar refractivity (Wildman–Crippen MR) is 65.8 cm³/mol. The maximum absolute atomic E-state index is 11.7. The van der Waals surface area contributed by atoms with E-state index in [9.17, 15) is 9.59 Å². The highest BCUT2D eigenvalue weighted by Gasteiger charge is 2.48. The van der Waals surface area contributed by atoms with Crippen LogP contribution in [0.4, 0.5) is 5.69 Å². The van der Waals surface area contributed by atoms with E-state index in [1.165, 1.54) is 7.11 Å². The van der Waals surface area contributed by atoms with Gasteiger partial charge < -0.3 is 20.7 Å². The lowest BCUT2D eigenvalue weighted by Gasteiger charge is -2.39. The fourth-order valence-corrected chi connectivity index (χ4v) is 1.65. The van der Waals surface area contributed by atoms with E-state index in [1.54, 1.807) is 0 Å². The molecule has 0 aromatic heterocycles. The highest BCUT2D eigenvalue weighted by atomic mass is 16.5. The van der Waals surface area contributed by atoms with Gasteiger partial charge in [-0.2, -0.15) is 0 Å². The topological polar surface area (TPSA) is 79.5 Å². The molecule has 0 spiro atoms. The van der Waals surface area contributed by atoms with Gasteiger partial charge in [0.15, 0.2) is 0 Å². The van der Waals surface area contributed by atoms with Gasteiger partial charge in [-0.1, -0.05) is 18.2 Å². The molecule has 1 atom stereocenters. The predicted octanol–water partition coefficient (Wildman–Crippen LogP) is -0.313. The first-order valence-corrected chi connectivity index (χ1v) is 5.60. The Bertz CT molecular complexity index is 445. The number of hydrogen-bond donors (Lipinski definition) is 3. The van der Waals surface area contributed by atoms with Gasteiger partial charge in [0, 0.05) is 12.8 Å². The van der Waals surface area contributed by atoms with Gasteiger partial charge in [-0.25, -0.2) is 0 Å². The van der Waals surface area contributed by atoms with Crippen LogP contribution in [-0.2, 0) is 14.3 Å². The monoisotopic (exact) mass is 249 g/mol. The van der Waals surface area contributed by atoms with E-state index in [-0.39, 0.29) is 18.4 Å². The summed E-state index contributed by atoms with van der Waals surface area (Å²) in [7, 11) is 1.39. The number of amides is 2. The first kappa shape index (κ1) is 12.4. The van der Waals surface area contributed by atoms with E-state index < -0.39 is 5.72 Å². The average Bonchev–Trinajstić information content (AvgIpc) is 2.42. The zero-order chi connectivity index (χ0) is 13.0. The summed E-state index contributed by atoms with van der Waals surface area (Å²) in [6.45, 7) is 0.377. The Morgan fingerprint density at radius 3 is 2.67 bits per heavy atom. The second kappa shape index (κ2) is 5.05. The number of benzene rings is 1. The number of para-hydroxylation sites is 1. The van der Waals surface area contributed by atoms with Crippen LogP contribution < -0.4 is 16.0 Å². The number of β-lactam (4-membered cyclic amide) rings is 1. The van der Waals surface area contributed by atoms with E-state index in [0.29, 0.717) is 6.54 Å². The van der Waals surface area contributed by atoms with Crippen molar-refractivity contribution in [2.45, 2.75) is 5.72 Å². The Labute approximate surface area is 105 Å². The minimum Gasteiger partial charge on any atom is -0.376 e. The van der Waals surface area contributed by atoms with Crippen molar-refractivity contribution in [3.63, 3.8) is 0 Å². The van der Waals surface area contributed by atoms with Crippen molar-refractivity contribution in [1.29, 1.82) is 0 Å². The number of ether oxygens (including phenoxy) is 1. The van der Waals surface area contributed by atoms with Gasteiger partial charge in [0.05, 0.1) is 13.1 Å². The molecule has 1 aliphatic heterocycles. The number of rotatable bonds is 5. The van der Waals surface area contributed by atoms with E-state index in [4.69, 9.17) is 4.74 Å². The molecule has 1 aliphatic rings. The molecule has 1 aromatic carbocycles. The van der Waals surface area contributed by atoms with Crippen LogP contribution in [0, 0.1) is 0 Å². The van der Waals surface area contributed by atoms with Gasteiger partial charge in [0.25, 0.3) is 5.91 Å². The second-order valence-electron chi connectivity index (χ2n) is 3.98. The molecule has 1 unspecified atom stereocenters. The molecule has 2 amide bonds. The van der Waals surface area contributed by atoms with E-state index in [1.807, 2.05) is 30.3 Å². The summed E-state index contributed by atoms with van der Waals surface area (Å²) in [6, 6.07) is 9.35.